The molecule has 0 aliphatic carbocycles. The van der Waals surface area contributed by atoms with Crippen molar-refractivity contribution in [2.75, 3.05) is 20.2 Å². The third kappa shape index (κ3) is 4.96. The molecule has 1 aliphatic rings. The van der Waals surface area contributed by atoms with Crippen LogP contribution in [-0.2, 0) is 23.2 Å². The molecule has 188 valence electrons. The van der Waals surface area contributed by atoms with E-state index in [0.29, 0.717) is 36.3 Å². The van der Waals surface area contributed by atoms with Crippen LogP contribution in [0.15, 0.2) is 77.7 Å². The van der Waals surface area contributed by atoms with Crippen LogP contribution in [0.25, 0.3) is 11.0 Å². The molecule has 1 fully saturated rings. The summed E-state index contributed by atoms with van der Waals surface area (Å²) in [5.74, 6) is 2.72. The Bertz CT molecular complexity index is 1440. The Morgan fingerprint density at radius 2 is 1.69 bits per heavy atom. The van der Waals surface area contributed by atoms with E-state index in [0.717, 1.165) is 47.6 Å². The average molecular weight is 506 g/mol. The van der Waals surface area contributed by atoms with E-state index in [2.05, 4.69) is 10.6 Å². The van der Waals surface area contributed by atoms with Crippen LogP contribution in [0.5, 0.6) is 11.5 Å². The zero-order valence-corrected chi connectivity index (χ0v) is 21.4. The van der Waals surface area contributed by atoms with Gasteiger partial charge in [0.1, 0.15) is 23.9 Å². The average Bonchev–Trinajstić information content (AvgIpc) is 3.25. The highest BCUT2D eigenvalue weighted by Crippen LogP contribution is 2.29. The molecule has 0 saturated carbocycles. The molecule has 8 heteroatoms. The van der Waals surface area contributed by atoms with Gasteiger partial charge in [-0.1, -0.05) is 30.3 Å². The number of para-hydroxylation sites is 3. The third-order valence-electron chi connectivity index (χ3n) is 6.86. The Hall–Kier alpha value is -3.36. The first-order valence-electron chi connectivity index (χ1n) is 12.2. The van der Waals surface area contributed by atoms with Gasteiger partial charge >= 0.3 is 0 Å². The molecule has 0 bridgehead atoms. The first-order chi connectivity index (χ1) is 17.5. The number of ether oxygens (including phenoxy) is 2. The fourth-order valence-electron chi connectivity index (χ4n) is 4.85. The molecule has 0 radical (unpaired) electrons. The lowest BCUT2D eigenvalue weighted by Gasteiger charge is -2.32. The maximum atomic E-state index is 13.3. The van der Waals surface area contributed by atoms with Crippen LogP contribution in [-0.4, -0.2) is 42.5 Å². The quantitative estimate of drug-likeness (QED) is 0.336. The van der Waals surface area contributed by atoms with E-state index in [9.17, 15) is 8.42 Å². The number of methoxy groups -OCH3 is 1. The topological polar surface area (TPSA) is 73.7 Å². The molecule has 7 nitrogen and oxygen atoms in total. The molecule has 5 rings (SSSR count). The van der Waals surface area contributed by atoms with Gasteiger partial charge in [-0.15, -0.1) is 0 Å². The first kappa shape index (κ1) is 24.3. The highest BCUT2D eigenvalue weighted by molar-refractivity contribution is 7.89. The Morgan fingerprint density at radius 1 is 0.972 bits per heavy atom. The first-order valence-corrected chi connectivity index (χ1v) is 13.7. The number of hydrogen-bond donors (Lipinski definition) is 0. The number of piperidine rings is 1. The van der Waals surface area contributed by atoms with Crippen LogP contribution in [0.4, 0.5) is 0 Å². The number of hydrogen-bond acceptors (Lipinski definition) is 5. The van der Waals surface area contributed by atoms with Crippen LogP contribution in [0.2, 0.25) is 0 Å². The summed E-state index contributed by atoms with van der Waals surface area (Å²) >= 11 is 0. The van der Waals surface area contributed by atoms with Crippen molar-refractivity contribution in [1.29, 1.82) is 0 Å². The Labute approximate surface area is 212 Å². The molecule has 1 aliphatic heterocycles. The lowest BCUT2D eigenvalue weighted by molar-refractivity contribution is 0.244. The van der Waals surface area contributed by atoms with E-state index in [4.69, 9.17) is 14.5 Å². The highest BCUT2D eigenvalue weighted by Gasteiger charge is 2.30. The van der Waals surface area contributed by atoms with Crippen LogP contribution in [0, 0.1) is 12.8 Å². The van der Waals surface area contributed by atoms with Crippen LogP contribution >= 0.6 is 0 Å². The molecule has 0 spiro atoms. The molecule has 4 aromatic rings. The Kier molecular flexibility index (Phi) is 6.98. The fourth-order valence-corrected chi connectivity index (χ4v) is 6.41. The molecule has 0 atom stereocenters. The summed E-state index contributed by atoms with van der Waals surface area (Å²) in [6.07, 6.45) is 1.58. The summed E-state index contributed by atoms with van der Waals surface area (Å²) in [6.45, 7) is 4.02. The molecule has 0 N–H and O–H groups in total. The van der Waals surface area contributed by atoms with E-state index in [1.54, 1.807) is 29.6 Å². The van der Waals surface area contributed by atoms with Crippen LogP contribution in [0.3, 0.4) is 0 Å². The maximum absolute atomic E-state index is 13.3. The van der Waals surface area contributed by atoms with Gasteiger partial charge in [0.05, 0.1) is 23.0 Å². The summed E-state index contributed by atoms with van der Waals surface area (Å²) in [4.78, 5) is 5.15. The van der Waals surface area contributed by atoms with E-state index in [1.165, 1.54) is 0 Å². The van der Waals surface area contributed by atoms with Gasteiger partial charge in [-0.05, 0) is 73.7 Å². The standard InChI is InChI=1S/C28H31N3O4S/c1-21-18-24(12-13-27(21)34-2)36(32,33)30-16-14-22(15-17-30)19-31-26-11-7-6-10-25(26)29-28(31)20-35-23-8-4-3-5-9-23/h3-13,18,22H,14-17,19-20H2,1-2H3. The fraction of sp³-hybridized carbons (Fsp3) is 0.321. The minimum atomic E-state index is -3.54. The summed E-state index contributed by atoms with van der Waals surface area (Å²) in [7, 11) is -1.95. The van der Waals surface area contributed by atoms with Gasteiger partial charge in [0.25, 0.3) is 0 Å². The van der Waals surface area contributed by atoms with Gasteiger partial charge in [0.2, 0.25) is 10.0 Å². The van der Waals surface area contributed by atoms with Gasteiger partial charge < -0.3 is 14.0 Å². The van der Waals surface area contributed by atoms with Gasteiger partial charge in [-0.25, -0.2) is 13.4 Å². The number of imidazole rings is 1. The highest BCUT2D eigenvalue weighted by atomic mass is 32.2. The number of aryl methyl sites for hydroxylation is 1. The molecule has 2 heterocycles. The van der Waals surface area contributed by atoms with Gasteiger partial charge in [0.15, 0.2) is 0 Å². The smallest absolute Gasteiger partial charge is 0.243 e. The van der Waals surface area contributed by atoms with Gasteiger partial charge in [0, 0.05) is 19.6 Å². The third-order valence-corrected chi connectivity index (χ3v) is 8.76. The van der Waals surface area contributed by atoms with Crippen molar-refractivity contribution >= 4 is 21.1 Å². The molecule has 3 aromatic carbocycles. The van der Waals surface area contributed by atoms with Crippen molar-refractivity contribution in [2.24, 2.45) is 5.92 Å². The van der Waals surface area contributed by atoms with E-state index < -0.39 is 10.0 Å². The molecule has 1 saturated heterocycles. The number of benzene rings is 3. The minimum absolute atomic E-state index is 0.320. The van der Waals surface area contributed by atoms with Crippen molar-refractivity contribution in [3.8, 4) is 11.5 Å². The van der Waals surface area contributed by atoms with Crippen LogP contribution in [0.1, 0.15) is 24.2 Å². The second-order valence-electron chi connectivity index (χ2n) is 9.21. The predicted molar refractivity (Wildman–Crippen MR) is 140 cm³/mol. The predicted octanol–water partition coefficient (Wildman–Crippen LogP) is 5.03. The number of aromatic nitrogens is 2. The molecule has 0 amide bonds. The van der Waals surface area contributed by atoms with Crippen molar-refractivity contribution in [3.05, 3.63) is 84.2 Å². The molecule has 1 aromatic heterocycles. The summed E-state index contributed by atoms with van der Waals surface area (Å²) < 4.78 is 41.7. The number of sulfonamides is 1. The maximum Gasteiger partial charge on any atom is 0.243 e. The monoisotopic (exact) mass is 505 g/mol. The van der Waals surface area contributed by atoms with E-state index in [-0.39, 0.29) is 0 Å². The Morgan fingerprint density at radius 3 is 2.42 bits per heavy atom. The van der Waals surface area contributed by atoms with Crippen molar-refractivity contribution in [2.45, 2.75) is 37.8 Å². The normalized spacial score (nSPS) is 15.3. The largest absolute Gasteiger partial charge is 0.496 e. The molecule has 0 unspecified atom stereocenters. The minimum Gasteiger partial charge on any atom is -0.496 e. The SMILES string of the molecule is COc1ccc(S(=O)(=O)N2CCC(Cn3c(COc4ccccc4)nc4ccccc43)CC2)cc1C. The zero-order valence-electron chi connectivity index (χ0n) is 20.6. The second kappa shape index (κ2) is 10.3. The summed E-state index contributed by atoms with van der Waals surface area (Å²) in [5.41, 5.74) is 2.83. The van der Waals surface area contributed by atoms with Crippen molar-refractivity contribution < 1.29 is 17.9 Å². The van der Waals surface area contributed by atoms with Gasteiger partial charge in [-0.3, -0.25) is 0 Å². The Balaban J connectivity index is 1.29. The summed E-state index contributed by atoms with van der Waals surface area (Å²) in [6, 6.07) is 22.9. The van der Waals surface area contributed by atoms with E-state index >= 15 is 0 Å². The lowest BCUT2D eigenvalue weighted by Crippen LogP contribution is -2.39. The number of nitrogens with zero attached hydrogens (tertiary/aromatic N) is 3. The van der Waals surface area contributed by atoms with Crippen molar-refractivity contribution in [1.82, 2.24) is 13.9 Å². The van der Waals surface area contributed by atoms with Gasteiger partial charge in [-0.2, -0.15) is 4.31 Å². The molecule has 36 heavy (non-hydrogen) atoms. The van der Waals surface area contributed by atoms with E-state index in [1.807, 2.05) is 55.5 Å². The van der Waals surface area contributed by atoms with Crippen molar-refractivity contribution in [3.63, 3.8) is 0 Å². The summed E-state index contributed by atoms with van der Waals surface area (Å²) in [5, 5.41) is 0. The lowest BCUT2D eigenvalue weighted by atomic mass is 9.98. The number of fused-ring (bicyclic) bond motifs is 1. The molecular formula is C28H31N3O4S. The van der Waals surface area contributed by atoms with Crippen LogP contribution < -0.4 is 9.47 Å². The second-order valence-corrected chi connectivity index (χ2v) is 11.1. The molecular weight excluding hydrogens is 474 g/mol. The number of rotatable bonds is 8. The zero-order chi connectivity index (χ0) is 25.1.